The summed E-state index contributed by atoms with van der Waals surface area (Å²) in [6.07, 6.45) is 0.674. The Hall–Kier alpha value is -3.69. The SMILES string of the molecule is CO[C@H](CC/C=C/C(=O)O)[C@H](OC(=O)NC(=O)c1ccccc1)c1cccc(OCCO)c1. The van der Waals surface area contributed by atoms with Crippen molar-refractivity contribution in [2.75, 3.05) is 20.3 Å². The minimum absolute atomic E-state index is 0.0920. The van der Waals surface area contributed by atoms with Crippen LogP contribution in [0.25, 0.3) is 0 Å². The van der Waals surface area contributed by atoms with E-state index >= 15 is 0 Å². The Bertz CT molecular complexity index is 944. The second-order valence-corrected chi connectivity index (χ2v) is 6.88. The number of benzene rings is 2. The fourth-order valence-electron chi connectivity index (χ4n) is 3.04. The fraction of sp³-hybridized carbons (Fsp3) is 0.292. The zero-order valence-corrected chi connectivity index (χ0v) is 18.2. The minimum atomic E-state index is -1.07. The molecule has 0 unspecified atom stereocenters. The van der Waals surface area contributed by atoms with Gasteiger partial charge in [-0.3, -0.25) is 10.1 Å². The number of hydrogen-bond donors (Lipinski definition) is 3. The molecule has 0 radical (unpaired) electrons. The van der Waals surface area contributed by atoms with Crippen molar-refractivity contribution in [3.05, 3.63) is 77.9 Å². The predicted molar refractivity (Wildman–Crippen MR) is 119 cm³/mol. The first-order valence-corrected chi connectivity index (χ1v) is 10.3. The maximum Gasteiger partial charge on any atom is 0.414 e. The normalized spacial score (nSPS) is 12.7. The summed E-state index contributed by atoms with van der Waals surface area (Å²) < 4.78 is 16.5. The van der Waals surface area contributed by atoms with Gasteiger partial charge >= 0.3 is 12.1 Å². The molecule has 2 rings (SSSR count). The predicted octanol–water partition coefficient (Wildman–Crippen LogP) is 3.10. The van der Waals surface area contributed by atoms with Gasteiger partial charge in [0.05, 0.1) is 12.7 Å². The second kappa shape index (κ2) is 13.7. The summed E-state index contributed by atoms with van der Waals surface area (Å²) >= 11 is 0. The lowest BCUT2D eigenvalue weighted by molar-refractivity contribution is -0.131. The van der Waals surface area contributed by atoms with Gasteiger partial charge in [0.25, 0.3) is 5.91 Å². The quantitative estimate of drug-likeness (QED) is 0.414. The van der Waals surface area contributed by atoms with Crippen molar-refractivity contribution in [3.63, 3.8) is 0 Å². The molecule has 176 valence electrons. The van der Waals surface area contributed by atoms with Crippen LogP contribution in [-0.4, -0.2) is 54.6 Å². The molecule has 0 aromatic heterocycles. The number of carboxylic acids is 1. The highest BCUT2D eigenvalue weighted by Gasteiger charge is 2.28. The fourth-order valence-corrected chi connectivity index (χ4v) is 3.04. The topological polar surface area (TPSA) is 131 Å². The molecule has 0 aliphatic rings. The van der Waals surface area contributed by atoms with E-state index in [0.29, 0.717) is 29.7 Å². The van der Waals surface area contributed by atoms with Gasteiger partial charge < -0.3 is 24.4 Å². The van der Waals surface area contributed by atoms with Gasteiger partial charge in [-0.25, -0.2) is 9.59 Å². The van der Waals surface area contributed by atoms with Crippen LogP contribution in [0.4, 0.5) is 4.79 Å². The van der Waals surface area contributed by atoms with Crippen LogP contribution in [-0.2, 0) is 14.3 Å². The van der Waals surface area contributed by atoms with E-state index in [-0.39, 0.29) is 13.2 Å². The molecule has 2 aromatic rings. The molecule has 2 atom stereocenters. The summed E-state index contributed by atoms with van der Waals surface area (Å²) in [6, 6.07) is 15.0. The highest BCUT2D eigenvalue weighted by Crippen LogP contribution is 2.29. The third-order valence-electron chi connectivity index (χ3n) is 4.55. The lowest BCUT2D eigenvalue weighted by atomic mass is 10.00. The molecular weight excluding hydrogens is 430 g/mol. The van der Waals surface area contributed by atoms with E-state index in [0.717, 1.165) is 6.08 Å². The van der Waals surface area contributed by atoms with Crippen LogP contribution in [0.5, 0.6) is 5.75 Å². The number of carbonyl (C=O) groups is 3. The summed E-state index contributed by atoms with van der Waals surface area (Å²) in [4.78, 5) is 35.5. The van der Waals surface area contributed by atoms with Crippen LogP contribution in [0, 0.1) is 0 Å². The van der Waals surface area contributed by atoms with Gasteiger partial charge in [-0.1, -0.05) is 36.4 Å². The molecular formula is C24H27NO8. The average molecular weight is 457 g/mol. The van der Waals surface area contributed by atoms with Crippen LogP contribution in [0.15, 0.2) is 66.7 Å². The Kier molecular flexibility index (Phi) is 10.6. The molecule has 0 saturated carbocycles. The first-order valence-electron chi connectivity index (χ1n) is 10.3. The number of carbonyl (C=O) groups excluding carboxylic acids is 2. The van der Waals surface area contributed by atoms with Gasteiger partial charge in [-0.2, -0.15) is 0 Å². The van der Waals surface area contributed by atoms with E-state index in [2.05, 4.69) is 5.32 Å². The smallest absolute Gasteiger partial charge is 0.414 e. The second-order valence-electron chi connectivity index (χ2n) is 6.88. The molecule has 3 N–H and O–H groups in total. The van der Waals surface area contributed by atoms with Gasteiger partial charge in [0, 0.05) is 18.7 Å². The van der Waals surface area contributed by atoms with Gasteiger partial charge in [0.15, 0.2) is 6.10 Å². The lowest BCUT2D eigenvalue weighted by Crippen LogP contribution is -2.35. The average Bonchev–Trinajstić information content (AvgIpc) is 2.82. The molecule has 33 heavy (non-hydrogen) atoms. The molecule has 0 fully saturated rings. The van der Waals surface area contributed by atoms with Crippen molar-refractivity contribution < 1.29 is 38.8 Å². The van der Waals surface area contributed by atoms with Gasteiger partial charge in [-0.15, -0.1) is 0 Å². The zero-order chi connectivity index (χ0) is 24.1. The maximum atomic E-state index is 12.5. The maximum absolute atomic E-state index is 12.5. The molecule has 2 amide bonds. The van der Waals surface area contributed by atoms with Gasteiger partial charge in [-0.05, 0) is 42.7 Å². The number of aliphatic hydroxyl groups is 1. The molecule has 2 aromatic carbocycles. The third kappa shape index (κ3) is 8.76. The van der Waals surface area contributed by atoms with E-state index in [4.69, 9.17) is 24.4 Å². The third-order valence-corrected chi connectivity index (χ3v) is 4.55. The van der Waals surface area contributed by atoms with Crippen molar-refractivity contribution in [2.45, 2.75) is 25.0 Å². The first kappa shape index (κ1) is 25.6. The van der Waals surface area contributed by atoms with Crippen molar-refractivity contribution >= 4 is 18.0 Å². The molecule has 0 heterocycles. The molecule has 0 saturated heterocycles. The largest absolute Gasteiger partial charge is 0.491 e. The number of hydrogen-bond acceptors (Lipinski definition) is 7. The van der Waals surface area contributed by atoms with Crippen LogP contribution in [0.3, 0.4) is 0 Å². The van der Waals surface area contributed by atoms with Crippen molar-refractivity contribution in [1.29, 1.82) is 0 Å². The number of carboxylic acid groups (broad SMARTS) is 1. The van der Waals surface area contributed by atoms with E-state index < -0.39 is 30.2 Å². The molecule has 9 heteroatoms. The van der Waals surface area contributed by atoms with Gasteiger partial charge in [0.1, 0.15) is 12.4 Å². The minimum Gasteiger partial charge on any atom is -0.491 e. The van der Waals surface area contributed by atoms with Crippen LogP contribution in [0.1, 0.15) is 34.9 Å². The molecule has 0 aliphatic heterocycles. The summed E-state index contributed by atoms with van der Waals surface area (Å²) in [5.41, 5.74) is 0.842. The number of ether oxygens (including phenoxy) is 3. The Labute approximate surface area is 191 Å². The lowest BCUT2D eigenvalue weighted by Gasteiger charge is -2.26. The van der Waals surface area contributed by atoms with Crippen molar-refractivity contribution in [3.8, 4) is 5.75 Å². The monoisotopic (exact) mass is 457 g/mol. The standard InChI is InChI=1S/C24H27NO8/c1-31-20(12-5-6-13-21(27)28)22(18-10-7-11-19(16-18)32-15-14-26)33-24(30)25-23(29)17-8-3-2-4-9-17/h2-4,6-11,13,16,20,22,26H,5,12,14-15H2,1H3,(H,27,28)(H,25,29,30)/b13-6+/t20-,22-/m1/s1. The first-order chi connectivity index (χ1) is 15.9. The number of amides is 2. The summed E-state index contributed by atoms with van der Waals surface area (Å²) in [5, 5.41) is 19.9. The Morgan fingerprint density at radius 2 is 1.85 bits per heavy atom. The number of rotatable bonds is 12. The highest BCUT2D eigenvalue weighted by atomic mass is 16.6. The van der Waals surface area contributed by atoms with Crippen molar-refractivity contribution in [1.82, 2.24) is 5.32 Å². The number of imide groups is 1. The Balaban J connectivity index is 2.20. The molecule has 0 bridgehead atoms. The summed E-state index contributed by atoms with van der Waals surface area (Å²) in [5.74, 6) is -1.22. The number of alkyl carbamates (subject to hydrolysis) is 1. The number of aliphatic carboxylic acids is 1. The highest BCUT2D eigenvalue weighted by molar-refractivity contribution is 6.02. The number of aliphatic hydroxyl groups excluding tert-OH is 1. The number of methoxy groups -OCH3 is 1. The Morgan fingerprint density at radius 1 is 1.09 bits per heavy atom. The van der Waals surface area contributed by atoms with Crippen LogP contribution in [0.2, 0.25) is 0 Å². The summed E-state index contributed by atoms with van der Waals surface area (Å²) in [6.45, 7) is -0.0699. The molecule has 0 spiro atoms. The zero-order valence-electron chi connectivity index (χ0n) is 18.2. The van der Waals surface area contributed by atoms with Crippen molar-refractivity contribution in [2.24, 2.45) is 0 Å². The number of nitrogens with one attached hydrogen (secondary N) is 1. The van der Waals surface area contributed by atoms with E-state index in [1.807, 2.05) is 0 Å². The van der Waals surface area contributed by atoms with Crippen LogP contribution < -0.4 is 10.1 Å². The summed E-state index contributed by atoms with van der Waals surface area (Å²) in [7, 11) is 1.45. The number of allylic oxidation sites excluding steroid dienone is 1. The van der Waals surface area contributed by atoms with E-state index in [9.17, 15) is 14.4 Å². The Morgan fingerprint density at radius 3 is 2.52 bits per heavy atom. The van der Waals surface area contributed by atoms with Gasteiger partial charge in [0.2, 0.25) is 0 Å². The van der Waals surface area contributed by atoms with Crippen LogP contribution >= 0.6 is 0 Å². The molecule has 9 nitrogen and oxygen atoms in total. The van der Waals surface area contributed by atoms with E-state index in [1.54, 1.807) is 54.6 Å². The molecule has 0 aliphatic carbocycles. The van der Waals surface area contributed by atoms with E-state index in [1.165, 1.54) is 13.2 Å².